The van der Waals surface area contributed by atoms with Crippen LogP contribution in [-0.2, 0) is 0 Å². The van der Waals surface area contributed by atoms with Gasteiger partial charge in [0.15, 0.2) is 5.78 Å². The molecule has 0 fully saturated rings. The number of H-pyrrole nitrogens is 1. The van der Waals surface area contributed by atoms with Gasteiger partial charge in [0.1, 0.15) is 12.5 Å². The number of fused-ring (bicyclic) bond motifs is 1. The Morgan fingerprint density at radius 1 is 1.40 bits per heavy atom. The molecule has 0 amide bonds. The number of aromatic amines is 1. The van der Waals surface area contributed by atoms with Crippen LogP contribution in [-0.4, -0.2) is 24.5 Å². The molecule has 4 nitrogen and oxygen atoms in total. The predicted molar refractivity (Wildman–Crippen MR) is 81.3 cm³/mol. The van der Waals surface area contributed by atoms with Crippen LogP contribution in [0.25, 0.3) is 10.9 Å². The largest absolute Gasteiger partial charge is 0.478 e. The SMILES string of the molecule is CCCC(C)C(=O)c1cc2cc(OCNC)ccc2[nH]1. The molecule has 108 valence electrons. The van der Waals surface area contributed by atoms with Gasteiger partial charge in [0.2, 0.25) is 0 Å². The molecule has 2 rings (SSSR count). The Bertz CT molecular complexity index is 589. The topological polar surface area (TPSA) is 54.1 Å². The zero-order valence-electron chi connectivity index (χ0n) is 12.3. The number of aromatic nitrogens is 1. The average Bonchev–Trinajstić information content (AvgIpc) is 2.87. The Labute approximate surface area is 119 Å². The molecule has 0 aliphatic heterocycles. The summed E-state index contributed by atoms with van der Waals surface area (Å²) in [6.45, 7) is 4.55. The van der Waals surface area contributed by atoms with E-state index in [1.807, 2.05) is 38.2 Å². The minimum absolute atomic E-state index is 0.0630. The Kier molecular flexibility index (Phi) is 4.79. The van der Waals surface area contributed by atoms with Gasteiger partial charge >= 0.3 is 0 Å². The maximum absolute atomic E-state index is 12.3. The van der Waals surface area contributed by atoms with Crippen molar-refractivity contribution in [1.29, 1.82) is 0 Å². The van der Waals surface area contributed by atoms with Crippen LogP contribution in [0.4, 0.5) is 0 Å². The lowest BCUT2D eigenvalue weighted by molar-refractivity contribution is 0.0919. The summed E-state index contributed by atoms with van der Waals surface area (Å²) in [7, 11) is 1.83. The van der Waals surface area contributed by atoms with Crippen molar-refractivity contribution < 1.29 is 9.53 Å². The second kappa shape index (κ2) is 6.57. The molecule has 0 spiro atoms. The van der Waals surface area contributed by atoms with E-state index in [4.69, 9.17) is 4.74 Å². The number of benzene rings is 1. The summed E-state index contributed by atoms with van der Waals surface area (Å²) in [5, 5.41) is 3.94. The molecule has 1 heterocycles. The third kappa shape index (κ3) is 3.20. The van der Waals surface area contributed by atoms with Gasteiger partial charge in [0, 0.05) is 16.8 Å². The summed E-state index contributed by atoms with van der Waals surface area (Å²) >= 11 is 0. The highest BCUT2D eigenvalue weighted by Gasteiger charge is 2.16. The summed E-state index contributed by atoms with van der Waals surface area (Å²) in [6, 6.07) is 7.71. The van der Waals surface area contributed by atoms with Crippen LogP contribution in [0.3, 0.4) is 0 Å². The van der Waals surface area contributed by atoms with Crippen molar-refractivity contribution in [2.45, 2.75) is 26.7 Å². The molecule has 0 saturated carbocycles. The monoisotopic (exact) mass is 274 g/mol. The molecule has 0 aliphatic carbocycles. The van der Waals surface area contributed by atoms with E-state index in [0.29, 0.717) is 12.4 Å². The summed E-state index contributed by atoms with van der Waals surface area (Å²) in [5.41, 5.74) is 1.65. The quantitative estimate of drug-likeness (QED) is 0.601. The lowest BCUT2D eigenvalue weighted by Crippen LogP contribution is -2.13. The molecule has 1 aromatic heterocycles. The fraction of sp³-hybridized carbons (Fsp3) is 0.438. The zero-order chi connectivity index (χ0) is 14.5. The van der Waals surface area contributed by atoms with Gasteiger partial charge in [0.25, 0.3) is 0 Å². The van der Waals surface area contributed by atoms with Crippen LogP contribution < -0.4 is 10.1 Å². The second-order valence-corrected chi connectivity index (χ2v) is 5.13. The maximum Gasteiger partial charge on any atom is 0.181 e. The number of carbonyl (C=O) groups excluding carboxylic acids is 1. The van der Waals surface area contributed by atoms with Gasteiger partial charge in [0.05, 0.1) is 5.69 Å². The Morgan fingerprint density at radius 3 is 2.90 bits per heavy atom. The third-order valence-corrected chi connectivity index (χ3v) is 3.41. The third-order valence-electron chi connectivity index (χ3n) is 3.41. The lowest BCUT2D eigenvalue weighted by atomic mass is 9.99. The summed E-state index contributed by atoms with van der Waals surface area (Å²) in [6.07, 6.45) is 1.94. The van der Waals surface area contributed by atoms with Crippen molar-refractivity contribution in [1.82, 2.24) is 10.3 Å². The van der Waals surface area contributed by atoms with Crippen LogP contribution in [0.1, 0.15) is 37.2 Å². The van der Waals surface area contributed by atoms with E-state index >= 15 is 0 Å². The predicted octanol–water partition coefficient (Wildman–Crippen LogP) is 3.34. The first-order chi connectivity index (χ1) is 9.65. The molecule has 0 radical (unpaired) electrons. The maximum atomic E-state index is 12.3. The van der Waals surface area contributed by atoms with E-state index in [0.717, 1.165) is 29.5 Å². The summed E-state index contributed by atoms with van der Waals surface area (Å²) in [4.78, 5) is 15.5. The molecular formula is C16H22N2O2. The first-order valence-corrected chi connectivity index (χ1v) is 7.10. The van der Waals surface area contributed by atoms with Crippen LogP contribution >= 0.6 is 0 Å². The van der Waals surface area contributed by atoms with Gasteiger partial charge in [-0.25, -0.2) is 0 Å². The van der Waals surface area contributed by atoms with Crippen molar-refractivity contribution in [3.05, 3.63) is 30.0 Å². The number of rotatable bonds is 7. The molecule has 0 saturated heterocycles. The number of Topliss-reactive ketones (excluding diaryl/α,β-unsaturated/α-hetero) is 1. The van der Waals surface area contributed by atoms with E-state index < -0.39 is 0 Å². The summed E-state index contributed by atoms with van der Waals surface area (Å²) < 4.78 is 5.51. The smallest absolute Gasteiger partial charge is 0.181 e. The van der Waals surface area contributed by atoms with Gasteiger partial charge in [-0.05, 0) is 37.7 Å². The van der Waals surface area contributed by atoms with Crippen molar-refractivity contribution in [2.24, 2.45) is 5.92 Å². The van der Waals surface area contributed by atoms with Crippen LogP contribution in [0.2, 0.25) is 0 Å². The molecule has 4 heteroatoms. The standard InChI is InChI=1S/C16H22N2O2/c1-4-5-11(2)16(19)15-9-12-8-13(20-10-17-3)6-7-14(12)18-15/h6-9,11,17-18H,4-5,10H2,1-3H3. The van der Waals surface area contributed by atoms with Crippen molar-refractivity contribution >= 4 is 16.7 Å². The zero-order valence-corrected chi connectivity index (χ0v) is 12.3. The highest BCUT2D eigenvalue weighted by Crippen LogP contribution is 2.23. The fourth-order valence-electron chi connectivity index (χ4n) is 2.32. The number of carbonyl (C=O) groups is 1. The number of ether oxygens (including phenoxy) is 1. The molecule has 1 unspecified atom stereocenters. The Morgan fingerprint density at radius 2 is 2.20 bits per heavy atom. The molecule has 0 bridgehead atoms. The van der Waals surface area contributed by atoms with Crippen molar-refractivity contribution in [2.75, 3.05) is 13.8 Å². The van der Waals surface area contributed by atoms with Gasteiger partial charge in [-0.1, -0.05) is 20.3 Å². The van der Waals surface area contributed by atoms with Crippen molar-refractivity contribution in [3.8, 4) is 5.75 Å². The van der Waals surface area contributed by atoms with Crippen LogP contribution in [0.5, 0.6) is 5.75 Å². The Balaban J connectivity index is 2.22. The normalized spacial score (nSPS) is 12.6. The number of ketones is 1. The van der Waals surface area contributed by atoms with Crippen LogP contribution in [0, 0.1) is 5.92 Å². The Hall–Kier alpha value is -1.81. The number of hydrogen-bond donors (Lipinski definition) is 2. The van der Waals surface area contributed by atoms with E-state index in [9.17, 15) is 4.79 Å². The van der Waals surface area contributed by atoms with E-state index in [1.165, 1.54) is 0 Å². The molecule has 2 N–H and O–H groups in total. The first-order valence-electron chi connectivity index (χ1n) is 7.10. The molecule has 20 heavy (non-hydrogen) atoms. The van der Waals surface area contributed by atoms with Gasteiger partial charge in [-0.15, -0.1) is 0 Å². The van der Waals surface area contributed by atoms with E-state index in [-0.39, 0.29) is 11.7 Å². The molecular weight excluding hydrogens is 252 g/mol. The fourth-order valence-corrected chi connectivity index (χ4v) is 2.32. The first kappa shape index (κ1) is 14.6. The molecule has 1 aromatic carbocycles. The van der Waals surface area contributed by atoms with Gasteiger partial charge in [-0.2, -0.15) is 0 Å². The van der Waals surface area contributed by atoms with Crippen LogP contribution in [0.15, 0.2) is 24.3 Å². The molecule has 2 aromatic rings. The minimum atomic E-state index is 0.0630. The van der Waals surface area contributed by atoms with E-state index in [2.05, 4.69) is 17.2 Å². The number of nitrogens with one attached hydrogen (secondary N) is 2. The molecule has 0 aliphatic rings. The lowest BCUT2D eigenvalue weighted by Gasteiger charge is -2.06. The van der Waals surface area contributed by atoms with Gasteiger partial charge < -0.3 is 9.72 Å². The minimum Gasteiger partial charge on any atom is -0.478 e. The molecule has 1 atom stereocenters. The highest BCUT2D eigenvalue weighted by atomic mass is 16.5. The summed E-state index contributed by atoms with van der Waals surface area (Å²) in [5.74, 6) is 1.04. The highest BCUT2D eigenvalue weighted by molar-refractivity contribution is 6.00. The number of hydrogen-bond acceptors (Lipinski definition) is 3. The van der Waals surface area contributed by atoms with Gasteiger partial charge in [-0.3, -0.25) is 10.1 Å². The van der Waals surface area contributed by atoms with Crippen molar-refractivity contribution in [3.63, 3.8) is 0 Å². The average molecular weight is 274 g/mol. The van der Waals surface area contributed by atoms with E-state index in [1.54, 1.807) is 0 Å². The second-order valence-electron chi connectivity index (χ2n) is 5.13.